The van der Waals surface area contributed by atoms with Gasteiger partial charge in [0.05, 0.1) is 0 Å². The molecule has 1 aromatic rings. The second-order valence-electron chi connectivity index (χ2n) is 4.78. The van der Waals surface area contributed by atoms with Crippen LogP contribution >= 0.6 is 23.2 Å². The third-order valence-corrected chi connectivity index (χ3v) is 4.15. The topological polar surface area (TPSA) is 12.0 Å². The SMILES string of the molecule is CC(C)C1(c2cc(Cl)ccc2Cl)CCCN1. The van der Waals surface area contributed by atoms with Crippen molar-refractivity contribution in [3.05, 3.63) is 33.8 Å². The van der Waals surface area contributed by atoms with Gasteiger partial charge in [-0.15, -0.1) is 0 Å². The number of halogens is 2. The molecule has 1 fully saturated rings. The largest absolute Gasteiger partial charge is 0.307 e. The van der Waals surface area contributed by atoms with Crippen LogP contribution in [0.2, 0.25) is 10.0 Å². The van der Waals surface area contributed by atoms with E-state index in [4.69, 9.17) is 23.2 Å². The summed E-state index contributed by atoms with van der Waals surface area (Å²) in [5.41, 5.74) is 1.15. The lowest BCUT2D eigenvalue weighted by Gasteiger charge is -2.35. The first kappa shape index (κ1) is 12.2. The molecule has 1 heterocycles. The lowest BCUT2D eigenvalue weighted by molar-refractivity contribution is 0.277. The number of nitrogens with one attached hydrogen (secondary N) is 1. The highest BCUT2D eigenvalue weighted by molar-refractivity contribution is 6.33. The number of benzene rings is 1. The molecule has 2 rings (SSSR count). The molecule has 1 atom stereocenters. The van der Waals surface area contributed by atoms with Crippen LogP contribution in [0.25, 0.3) is 0 Å². The smallest absolute Gasteiger partial charge is 0.0473 e. The maximum atomic E-state index is 6.31. The molecule has 1 N–H and O–H groups in total. The van der Waals surface area contributed by atoms with Gasteiger partial charge < -0.3 is 5.32 Å². The van der Waals surface area contributed by atoms with Crippen molar-refractivity contribution >= 4 is 23.2 Å². The van der Waals surface area contributed by atoms with Crippen molar-refractivity contribution in [2.24, 2.45) is 5.92 Å². The Hall–Kier alpha value is -0.240. The fourth-order valence-corrected chi connectivity index (χ4v) is 3.10. The molecule has 1 unspecified atom stereocenters. The van der Waals surface area contributed by atoms with Crippen LogP contribution in [0, 0.1) is 5.92 Å². The summed E-state index contributed by atoms with van der Waals surface area (Å²) >= 11 is 12.4. The van der Waals surface area contributed by atoms with E-state index in [1.165, 1.54) is 6.42 Å². The van der Waals surface area contributed by atoms with Gasteiger partial charge in [0.1, 0.15) is 0 Å². The third kappa shape index (κ3) is 1.97. The number of hydrogen-bond acceptors (Lipinski definition) is 1. The normalized spacial score (nSPS) is 25.3. The summed E-state index contributed by atoms with van der Waals surface area (Å²) in [7, 11) is 0. The van der Waals surface area contributed by atoms with Crippen molar-refractivity contribution in [3.8, 4) is 0 Å². The fourth-order valence-electron chi connectivity index (χ4n) is 2.64. The molecular weight excluding hydrogens is 241 g/mol. The van der Waals surface area contributed by atoms with Crippen molar-refractivity contribution in [2.45, 2.75) is 32.2 Å². The average Bonchev–Trinajstić information content (AvgIpc) is 2.71. The summed E-state index contributed by atoms with van der Waals surface area (Å²) in [5.74, 6) is 0.506. The second-order valence-corrected chi connectivity index (χ2v) is 5.62. The van der Waals surface area contributed by atoms with E-state index in [9.17, 15) is 0 Å². The van der Waals surface area contributed by atoms with E-state index >= 15 is 0 Å². The first-order valence-electron chi connectivity index (χ1n) is 5.77. The Bertz CT molecular complexity index is 382. The molecule has 0 saturated carbocycles. The molecule has 0 radical (unpaired) electrons. The van der Waals surface area contributed by atoms with Crippen LogP contribution in [0.15, 0.2) is 18.2 Å². The molecule has 3 heteroatoms. The van der Waals surface area contributed by atoms with E-state index in [0.717, 1.165) is 28.6 Å². The van der Waals surface area contributed by atoms with Crippen molar-refractivity contribution < 1.29 is 0 Å². The van der Waals surface area contributed by atoms with Gasteiger partial charge in [0.15, 0.2) is 0 Å². The molecule has 88 valence electrons. The first-order valence-corrected chi connectivity index (χ1v) is 6.52. The van der Waals surface area contributed by atoms with E-state index in [0.29, 0.717) is 5.92 Å². The highest BCUT2D eigenvalue weighted by Gasteiger charge is 2.39. The minimum absolute atomic E-state index is 0.00197. The molecular formula is C13H17Cl2N. The van der Waals surface area contributed by atoms with E-state index in [1.807, 2.05) is 18.2 Å². The quantitative estimate of drug-likeness (QED) is 0.837. The molecule has 1 nitrogen and oxygen atoms in total. The average molecular weight is 258 g/mol. The standard InChI is InChI=1S/C13H17Cl2N/c1-9(2)13(6-3-7-16-13)11-8-10(14)4-5-12(11)15/h4-5,8-9,16H,3,6-7H2,1-2H3. The Morgan fingerprint density at radius 3 is 2.62 bits per heavy atom. The van der Waals surface area contributed by atoms with Crippen molar-refractivity contribution in [1.82, 2.24) is 5.32 Å². The van der Waals surface area contributed by atoms with Crippen LogP contribution in [0.3, 0.4) is 0 Å². The van der Waals surface area contributed by atoms with Crippen LogP contribution in [0.4, 0.5) is 0 Å². The maximum absolute atomic E-state index is 6.31. The molecule has 0 aliphatic carbocycles. The molecule has 1 aliphatic rings. The highest BCUT2D eigenvalue weighted by atomic mass is 35.5. The summed E-state index contributed by atoms with van der Waals surface area (Å²) in [6.45, 7) is 5.52. The van der Waals surface area contributed by atoms with Crippen LogP contribution in [-0.2, 0) is 5.54 Å². The predicted molar refractivity (Wildman–Crippen MR) is 70.2 cm³/mol. The second kappa shape index (κ2) is 4.56. The van der Waals surface area contributed by atoms with Gasteiger partial charge >= 0.3 is 0 Å². The molecule has 1 aliphatic heterocycles. The zero-order valence-electron chi connectivity index (χ0n) is 9.69. The predicted octanol–water partition coefficient (Wildman–Crippen LogP) is 4.23. The molecule has 1 aromatic carbocycles. The van der Waals surface area contributed by atoms with Crippen LogP contribution in [0.1, 0.15) is 32.3 Å². The zero-order chi connectivity index (χ0) is 11.8. The molecule has 0 aromatic heterocycles. The lowest BCUT2D eigenvalue weighted by Crippen LogP contribution is -2.42. The Labute approximate surface area is 107 Å². The van der Waals surface area contributed by atoms with Gasteiger partial charge in [0.2, 0.25) is 0 Å². The maximum Gasteiger partial charge on any atom is 0.0473 e. The zero-order valence-corrected chi connectivity index (χ0v) is 11.2. The fraction of sp³-hybridized carbons (Fsp3) is 0.538. The minimum atomic E-state index is 0.00197. The van der Waals surface area contributed by atoms with Gasteiger partial charge in [-0.1, -0.05) is 37.0 Å². The van der Waals surface area contributed by atoms with Crippen molar-refractivity contribution in [1.29, 1.82) is 0 Å². The monoisotopic (exact) mass is 257 g/mol. The molecule has 1 saturated heterocycles. The Morgan fingerprint density at radius 2 is 2.06 bits per heavy atom. The first-order chi connectivity index (χ1) is 7.56. The van der Waals surface area contributed by atoms with E-state index in [-0.39, 0.29) is 5.54 Å². The summed E-state index contributed by atoms with van der Waals surface area (Å²) in [4.78, 5) is 0. The molecule has 0 amide bonds. The van der Waals surface area contributed by atoms with E-state index in [1.54, 1.807) is 0 Å². The van der Waals surface area contributed by atoms with E-state index < -0.39 is 0 Å². The Morgan fingerprint density at radius 1 is 1.31 bits per heavy atom. The van der Waals surface area contributed by atoms with Gasteiger partial charge in [-0.25, -0.2) is 0 Å². The highest BCUT2D eigenvalue weighted by Crippen LogP contribution is 2.41. The van der Waals surface area contributed by atoms with Gasteiger partial charge in [-0.2, -0.15) is 0 Å². The summed E-state index contributed by atoms with van der Waals surface area (Å²) < 4.78 is 0. The summed E-state index contributed by atoms with van der Waals surface area (Å²) in [5, 5.41) is 5.18. The van der Waals surface area contributed by atoms with Crippen molar-refractivity contribution in [3.63, 3.8) is 0 Å². The van der Waals surface area contributed by atoms with Crippen molar-refractivity contribution in [2.75, 3.05) is 6.54 Å². The van der Waals surface area contributed by atoms with Crippen LogP contribution in [0.5, 0.6) is 0 Å². The summed E-state index contributed by atoms with van der Waals surface area (Å²) in [6, 6.07) is 5.74. The van der Waals surface area contributed by atoms with Crippen LogP contribution < -0.4 is 5.32 Å². The molecule has 16 heavy (non-hydrogen) atoms. The lowest BCUT2D eigenvalue weighted by atomic mass is 9.79. The van der Waals surface area contributed by atoms with Gasteiger partial charge in [0, 0.05) is 15.6 Å². The van der Waals surface area contributed by atoms with Gasteiger partial charge in [-0.05, 0) is 49.1 Å². The summed E-state index contributed by atoms with van der Waals surface area (Å²) in [6.07, 6.45) is 2.33. The molecule has 0 spiro atoms. The minimum Gasteiger partial charge on any atom is -0.307 e. The number of rotatable bonds is 2. The van der Waals surface area contributed by atoms with E-state index in [2.05, 4.69) is 19.2 Å². The Balaban J connectivity index is 2.50. The number of hydrogen-bond donors (Lipinski definition) is 1. The van der Waals surface area contributed by atoms with Gasteiger partial charge in [-0.3, -0.25) is 0 Å². The third-order valence-electron chi connectivity index (χ3n) is 3.58. The Kier molecular flexibility index (Phi) is 3.48. The van der Waals surface area contributed by atoms with Gasteiger partial charge in [0.25, 0.3) is 0 Å². The van der Waals surface area contributed by atoms with Crippen LogP contribution in [-0.4, -0.2) is 6.54 Å². The molecule has 0 bridgehead atoms.